The van der Waals surface area contributed by atoms with Crippen LogP contribution in [0.4, 0.5) is 5.69 Å². The minimum atomic E-state index is -0.176. The van der Waals surface area contributed by atoms with Crippen molar-refractivity contribution in [3.05, 3.63) is 23.8 Å². The standard InChI is InChI=1S/C14H22N2O3/c1-3-4-6-19-7-5-16-14(17)11-8-12(15)10-13(9-11)18-2/h8-10H,3-7,15H2,1-2H3,(H,16,17). The fourth-order valence-electron chi connectivity index (χ4n) is 1.56. The van der Waals surface area contributed by atoms with Crippen LogP contribution in [0, 0.1) is 0 Å². The molecule has 0 aliphatic heterocycles. The van der Waals surface area contributed by atoms with Crippen LogP contribution in [-0.4, -0.2) is 32.8 Å². The van der Waals surface area contributed by atoms with Crippen LogP contribution in [0.1, 0.15) is 30.1 Å². The molecule has 1 aromatic carbocycles. The Hall–Kier alpha value is -1.75. The Morgan fingerprint density at radius 1 is 1.32 bits per heavy atom. The van der Waals surface area contributed by atoms with Gasteiger partial charge in [0.2, 0.25) is 0 Å². The summed E-state index contributed by atoms with van der Waals surface area (Å²) >= 11 is 0. The molecule has 0 aliphatic rings. The van der Waals surface area contributed by atoms with Crippen LogP contribution in [0.3, 0.4) is 0 Å². The molecule has 5 nitrogen and oxygen atoms in total. The minimum Gasteiger partial charge on any atom is -0.497 e. The van der Waals surface area contributed by atoms with E-state index >= 15 is 0 Å². The summed E-state index contributed by atoms with van der Waals surface area (Å²) in [6, 6.07) is 4.95. The SMILES string of the molecule is CCCCOCCNC(=O)c1cc(N)cc(OC)c1. The number of unbranched alkanes of at least 4 members (excludes halogenated alkanes) is 1. The highest BCUT2D eigenvalue weighted by Crippen LogP contribution is 2.18. The van der Waals surface area contributed by atoms with Crippen LogP contribution in [0.5, 0.6) is 5.75 Å². The summed E-state index contributed by atoms with van der Waals surface area (Å²) in [5, 5.41) is 2.78. The number of carbonyl (C=O) groups is 1. The zero-order chi connectivity index (χ0) is 14.1. The van der Waals surface area contributed by atoms with Gasteiger partial charge in [-0.2, -0.15) is 0 Å². The smallest absolute Gasteiger partial charge is 0.251 e. The second-order valence-electron chi connectivity index (χ2n) is 4.22. The first kappa shape index (κ1) is 15.3. The first-order valence-corrected chi connectivity index (χ1v) is 6.48. The lowest BCUT2D eigenvalue weighted by Gasteiger charge is -2.08. The second kappa shape index (κ2) is 8.37. The topological polar surface area (TPSA) is 73.6 Å². The third-order valence-electron chi connectivity index (χ3n) is 2.60. The zero-order valence-electron chi connectivity index (χ0n) is 11.6. The van der Waals surface area contributed by atoms with Crippen molar-refractivity contribution in [1.82, 2.24) is 5.32 Å². The normalized spacial score (nSPS) is 10.2. The van der Waals surface area contributed by atoms with E-state index in [1.807, 2.05) is 0 Å². The van der Waals surface area contributed by atoms with Crippen molar-refractivity contribution in [3.63, 3.8) is 0 Å². The average molecular weight is 266 g/mol. The van der Waals surface area contributed by atoms with Crippen LogP contribution in [0.15, 0.2) is 18.2 Å². The van der Waals surface area contributed by atoms with Gasteiger partial charge in [0.15, 0.2) is 0 Å². The van der Waals surface area contributed by atoms with Gasteiger partial charge in [-0.15, -0.1) is 0 Å². The highest BCUT2D eigenvalue weighted by Gasteiger charge is 2.07. The second-order valence-corrected chi connectivity index (χ2v) is 4.22. The molecule has 106 valence electrons. The van der Waals surface area contributed by atoms with E-state index < -0.39 is 0 Å². The number of amides is 1. The van der Waals surface area contributed by atoms with Gasteiger partial charge in [-0.3, -0.25) is 4.79 Å². The Morgan fingerprint density at radius 2 is 2.11 bits per heavy atom. The number of rotatable bonds is 8. The van der Waals surface area contributed by atoms with Crippen molar-refractivity contribution >= 4 is 11.6 Å². The van der Waals surface area contributed by atoms with Gasteiger partial charge in [-0.1, -0.05) is 13.3 Å². The summed E-state index contributed by atoms with van der Waals surface area (Å²) in [4.78, 5) is 11.9. The van der Waals surface area contributed by atoms with Gasteiger partial charge < -0.3 is 20.5 Å². The number of hydrogen-bond donors (Lipinski definition) is 2. The monoisotopic (exact) mass is 266 g/mol. The molecule has 3 N–H and O–H groups in total. The molecule has 0 fully saturated rings. The van der Waals surface area contributed by atoms with E-state index in [0.717, 1.165) is 19.4 Å². The lowest BCUT2D eigenvalue weighted by atomic mass is 10.2. The molecule has 0 saturated heterocycles. The third-order valence-corrected chi connectivity index (χ3v) is 2.60. The fraction of sp³-hybridized carbons (Fsp3) is 0.500. The molecule has 1 amide bonds. The number of benzene rings is 1. The molecule has 0 heterocycles. The summed E-state index contributed by atoms with van der Waals surface area (Å²) in [6.07, 6.45) is 2.15. The van der Waals surface area contributed by atoms with Crippen LogP contribution in [-0.2, 0) is 4.74 Å². The Labute approximate surface area is 114 Å². The van der Waals surface area contributed by atoms with Crippen LogP contribution >= 0.6 is 0 Å². The molecular formula is C14H22N2O3. The van der Waals surface area contributed by atoms with Crippen LogP contribution in [0.2, 0.25) is 0 Å². The number of carbonyl (C=O) groups excluding carboxylic acids is 1. The largest absolute Gasteiger partial charge is 0.497 e. The summed E-state index contributed by atoms with van der Waals surface area (Å²) < 4.78 is 10.4. The number of ether oxygens (including phenoxy) is 2. The minimum absolute atomic E-state index is 0.176. The summed E-state index contributed by atoms with van der Waals surface area (Å²) in [5.41, 5.74) is 6.69. The first-order chi connectivity index (χ1) is 9.17. The average Bonchev–Trinajstić information content (AvgIpc) is 2.41. The lowest BCUT2D eigenvalue weighted by molar-refractivity contribution is 0.0912. The van der Waals surface area contributed by atoms with Gasteiger partial charge in [0.05, 0.1) is 13.7 Å². The number of nitrogen functional groups attached to an aromatic ring is 1. The Morgan fingerprint density at radius 3 is 2.79 bits per heavy atom. The highest BCUT2D eigenvalue weighted by atomic mass is 16.5. The molecule has 5 heteroatoms. The van der Waals surface area contributed by atoms with Crippen molar-refractivity contribution < 1.29 is 14.3 Å². The Bertz CT molecular complexity index is 408. The van der Waals surface area contributed by atoms with E-state index in [1.54, 1.807) is 18.2 Å². The van der Waals surface area contributed by atoms with E-state index in [1.165, 1.54) is 7.11 Å². The van der Waals surface area contributed by atoms with Crippen LogP contribution < -0.4 is 15.8 Å². The maximum atomic E-state index is 11.9. The zero-order valence-corrected chi connectivity index (χ0v) is 11.6. The van der Waals surface area contributed by atoms with E-state index in [2.05, 4.69) is 12.2 Å². The van der Waals surface area contributed by atoms with E-state index in [0.29, 0.717) is 30.2 Å². The molecule has 19 heavy (non-hydrogen) atoms. The number of nitrogens with two attached hydrogens (primary N) is 1. The molecule has 0 aromatic heterocycles. The molecule has 1 aromatic rings. The van der Waals surface area contributed by atoms with Gasteiger partial charge in [-0.05, 0) is 18.6 Å². The predicted octanol–water partition coefficient (Wildman–Crippen LogP) is 1.82. The Balaban J connectivity index is 2.39. The quantitative estimate of drug-likeness (QED) is 0.556. The molecule has 1 rings (SSSR count). The van der Waals surface area contributed by atoms with Gasteiger partial charge in [-0.25, -0.2) is 0 Å². The molecule has 0 spiro atoms. The molecule has 0 saturated carbocycles. The number of nitrogens with one attached hydrogen (secondary N) is 1. The van der Waals surface area contributed by atoms with Crippen molar-refractivity contribution in [1.29, 1.82) is 0 Å². The van der Waals surface area contributed by atoms with Crippen molar-refractivity contribution in [2.75, 3.05) is 32.6 Å². The van der Waals surface area contributed by atoms with Gasteiger partial charge >= 0.3 is 0 Å². The predicted molar refractivity (Wildman–Crippen MR) is 75.5 cm³/mol. The van der Waals surface area contributed by atoms with Crippen LogP contribution in [0.25, 0.3) is 0 Å². The fourth-order valence-corrected chi connectivity index (χ4v) is 1.56. The first-order valence-electron chi connectivity index (χ1n) is 6.48. The van der Waals surface area contributed by atoms with Crippen molar-refractivity contribution in [3.8, 4) is 5.75 Å². The van der Waals surface area contributed by atoms with Gasteiger partial charge in [0.25, 0.3) is 5.91 Å². The van der Waals surface area contributed by atoms with E-state index in [4.69, 9.17) is 15.2 Å². The molecule has 0 radical (unpaired) electrons. The van der Waals surface area contributed by atoms with Crippen molar-refractivity contribution in [2.24, 2.45) is 0 Å². The Kier molecular flexibility index (Phi) is 6.74. The van der Waals surface area contributed by atoms with E-state index in [9.17, 15) is 4.79 Å². The lowest BCUT2D eigenvalue weighted by Crippen LogP contribution is -2.27. The maximum Gasteiger partial charge on any atom is 0.251 e. The highest BCUT2D eigenvalue weighted by molar-refractivity contribution is 5.95. The van der Waals surface area contributed by atoms with Crippen molar-refractivity contribution in [2.45, 2.75) is 19.8 Å². The maximum absolute atomic E-state index is 11.9. The molecule has 0 bridgehead atoms. The number of methoxy groups -OCH3 is 1. The van der Waals surface area contributed by atoms with Gasteiger partial charge in [0.1, 0.15) is 5.75 Å². The molecule has 0 unspecified atom stereocenters. The summed E-state index contributed by atoms with van der Waals surface area (Å²) in [5.74, 6) is 0.397. The third kappa shape index (κ3) is 5.61. The number of anilines is 1. The van der Waals surface area contributed by atoms with E-state index in [-0.39, 0.29) is 5.91 Å². The summed E-state index contributed by atoms with van der Waals surface area (Å²) in [6.45, 7) is 3.85. The molecule has 0 aliphatic carbocycles. The van der Waals surface area contributed by atoms with Gasteiger partial charge in [0, 0.05) is 30.5 Å². The molecule has 0 atom stereocenters. The summed E-state index contributed by atoms with van der Waals surface area (Å²) in [7, 11) is 1.54. The molecular weight excluding hydrogens is 244 g/mol. The number of hydrogen-bond acceptors (Lipinski definition) is 4.